The first-order valence-corrected chi connectivity index (χ1v) is 5.23. The van der Waals surface area contributed by atoms with Gasteiger partial charge in [0.25, 0.3) is 0 Å². The third kappa shape index (κ3) is 1.56. The lowest BCUT2D eigenvalue weighted by atomic mass is 10.0. The van der Waals surface area contributed by atoms with Crippen molar-refractivity contribution in [2.24, 2.45) is 5.73 Å². The third-order valence-electron chi connectivity index (χ3n) is 2.14. The summed E-state index contributed by atoms with van der Waals surface area (Å²) in [6.07, 6.45) is 0.823. The Labute approximate surface area is 90.1 Å². The average Bonchev–Trinajstić information content (AvgIpc) is 2.12. The van der Waals surface area contributed by atoms with Crippen molar-refractivity contribution in [3.05, 3.63) is 27.2 Å². The maximum Gasteiger partial charge on any atom is 0.139 e. The molecule has 0 radical (unpaired) electrons. The minimum atomic E-state index is -0.00579. The monoisotopic (exact) mass is 261 g/mol. The van der Waals surface area contributed by atoms with Crippen LogP contribution < -0.4 is 10.5 Å². The van der Waals surface area contributed by atoms with Crippen LogP contribution in [0.15, 0.2) is 16.6 Å². The van der Waals surface area contributed by atoms with Gasteiger partial charge in [-0.25, -0.2) is 0 Å². The molecule has 1 unspecified atom stereocenters. The van der Waals surface area contributed by atoms with E-state index in [1.807, 2.05) is 12.1 Å². The Kier molecular flexibility index (Phi) is 2.49. The van der Waals surface area contributed by atoms with Crippen molar-refractivity contribution in [2.75, 3.05) is 6.61 Å². The lowest BCUT2D eigenvalue weighted by Crippen LogP contribution is -2.21. The lowest BCUT2D eigenvalue weighted by molar-refractivity contribution is 0.267. The van der Waals surface area contributed by atoms with E-state index in [-0.39, 0.29) is 6.04 Å². The highest BCUT2D eigenvalue weighted by Crippen LogP contribution is 2.40. The van der Waals surface area contributed by atoms with Crippen molar-refractivity contribution in [3.8, 4) is 5.75 Å². The van der Waals surface area contributed by atoms with E-state index in [4.69, 9.17) is 22.1 Å². The van der Waals surface area contributed by atoms with Crippen LogP contribution in [0.25, 0.3) is 0 Å². The highest BCUT2D eigenvalue weighted by atomic mass is 79.9. The zero-order valence-corrected chi connectivity index (χ0v) is 9.23. The summed E-state index contributed by atoms with van der Waals surface area (Å²) in [4.78, 5) is 0. The molecule has 0 saturated carbocycles. The SMILES string of the molecule is NC1CCOc2c(Br)ccc(Cl)c21. The van der Waals surface area contributed by atoms with Crippen molar-refractivity contribution in [1.29, 1.82) is 0 Å². The Morgan fingerprint density at radius 1 is 1.54 bits per heavy atom. The molecular weight excluding hydrogens is 253 g/mol. The molecule has 2 nitrogen and oxygen atoms in total. The van der Waals surface area contributed by atoms with E-state index in [2.05, 4.69) is 15.9 Å². The zero-order chi connectivity index (χ0) is 9.42. The summed E-state index contributed by atoms with van der Waals surface area (Å²) in [5, 5.41) is 0.686. The zero-order valence-electron chi connectivity index (χ0n) is 6.89. The van der Waals surface area contributed by atoms with Crippen LogP contribution in [0.5, 0.6) is 5.75 Å². The summed E-state index contributed by atoms with van der Waals surface area (Å²) in [6, 6.07) is 3.70. The van der Waals surface area contributed by atoms with Gasteiger partial charge in [0, 0.05) is 23.0 Å². The first kappa shape index (κ1) is 9.31. The van der Waals surface area contributed by atoms with E-state index in [1.54, 1.807) is 0 Å². The molecule has 13 heavy (non-hydrogen) atoms. The second kappa shape index (κ2) is 3.48. The summed E-state index contributed by atoms with van der Waals surface area (Å²) in [7, 11) is 0. The van der Waals surface area contributed by atoms with Gasteiger partial charge in [-0.15, -0.1) is 0 Å². The fourth-order valence-corrected chi connectivity index (χ4v) is 2.22. The van der Waals surface area contributed by atoms with Crippen molar-refractivity contribution in [3.63, 3.8) is 0 Å². The summed E-state index contributed by atoms with van der Waals surface area (Å²) in [5.41, 5.74) is 6.85. The first-order chi connectivity index (χ1) is 6.20. The maximum absolute atomic E-state index is 6.03. The van der Waals surface area contributed by atoms with Crippen molar-refractivity contribution >= 4 is 27.5 Å². The largest absolute Gasteiger partial charge is 0.492 e. The molecule has 1 aromatic carbocycles. The summed E-state index contributed by atoms with van der Waals surface area (Å²) < 4.78 is 6.41. The number of fused-ring (bicyclic) bond motifs is 1. The van der Waals surface area contributed by atoms with E-state index in [0.29, 0.717) is 11.6 Å². The van der Waals surface area contributed by atoms with Gasteiger partial charge < -0.3 is 10.5 Å². The number of ether oxygens (including phenoxy) is 1. The molecule has 0 spiro atoms. The fourth-order valence-electron chi connectivity index (χ4n) is 1.47. The molecule has 0 amide bonds. The smallest absolute Gasteiger partial charge is 0.139 e. The Bertz CT molecular complexity index is 343. The lowest BCUT2D eigenvalue weighted by Gasteiger charge is -2.24. The molecule has 0 bridgehead atoms. The molecule has 4 heteroatoms. The van der Waals surface area contributed by atoms with Crippen LogP contribution in [0.1, 0.15) is 18.0 Å². The Morgan fingerprint density at radius 2 is 2.31 bits per heavy atom. The van der Waals surface area contributed by atoms with Gasteiger partial charge in [0.2, 0.25) is 0 Å². The van der Waals surface area contributed by atoms with Crippen LogP contribution >= 0.6 is 27.5 Å². The van der Waals surface area contributed by atoms with Crippen molar-refractivity contribution in [1.82, 2.24) is 0 Å². The molecule has 2 N–H and O–H groups in total. The van der Waals surface area contributed by atoms with Crippen LogP contribution in [0.2, 0.25) is 5.02 Å². The van der Waals surface area contributed by atoms with Crippen molar-refractivity contribution < 1.29 is 4.74 Å². The molecule has 70 valence electrons. The highest BCUT2D eigenvalue weighted by molar-refractivity contribution is 9.10. The number of benzene rings is 1. The minimum Gasteiger partial charge on any atom is -0.492 e. The number of nitrogens with two attached hydrogens (primary N) is 1. The molecule has 2 rings (SSSR count). The molecular formula is C9H9BrClNO. The Balaban J connectivity index is 2.60. The summed E-state index contributed by atoms with van der Waals surface area (Å²) >= 11 is 9.43. The first-order valence-electron chi connectivity index (χ1n) is 4.06. The Hall–Kier alpha value is -0.250. The van der Waals surface area contributed by atoms with Gasteiger partial charge in [-0.2, -0.15) is 0 Å². The molecule has 0 aliphatic carbocycles. The fraction of sp³-hybridized carbons (Fsp3) is 0.333. The normalized spacial score (nSPS) is 20.7. The van der Waals surface area contributed by atoms with Gasteiger partial charge in [-0.3, -0.25) is 0 Å². The summed E-state index contributed by atoms with van der Waals surface area (Å²) in [6.45, 7) is 0.660. The molecule has 1 atom stereocenters. The van der Waals surface area contributed by atoms with E-state index >= 15 is 0 Å². The van der Waals surface area contributed by atoms with Crippen LogP contribution in [0.4, 0.5) is 0 Å². The number of hydrogen-bond acceptors (Lipinski definition) is 2. The van der Waals surface area contributed by atoms with Crippen LogP contribution in [-0.2, 0) is 0 Å². The maximum atomic E-state index is 6.03. The predicted octanol–water partition coefficient (Wildman–Crippen LogP) is 2.88. The Morgan fingerprint density at radius 3 is 3.00 bits per heavy atom. The predicted molar refractivity (Wildman–Crippen MR) is 56.2 cm³/mol. The van der Waals surface area contributed by atoms with Gasteiger partial charge in [0.1, 0.15) is 5.75 Å². The van der Waals surface area contributed by atoms with Crippen molar-refractivity contribution in [2.45, 2.75) is 12.5 Å². The molecule has 1 aliphatic rings. The van der Waals surface area contributed by atoms with E-state index in [1.165, 1.54) is 0 Å². The molecule has 1 aliphatic heterocycles. The van der Waals surface area contributed by atoms with Gasteiger partial charge in [0.15, 0.2) is 0 Å². The van der Waals surface area contributed by atoms with Gasteiger partial charge in [-0.1, -0.05) is 11.6 Å². The van der Waals surface area contributed by atoms with E-state index in [0.717, 1.165) is 22.2 Å². The van der Waals surface area contributed by atoms with E-state index in [9.17, 15) is 0 Å². The number of rotatable bonds is 0. The minimum absolute atomic E-state index is 0.00579. The molecule has 0 aromatic heterocycles. The topological polar surface area (TPSA) is 35.2 Å². The molecule has 1 aromatic rings. The standard InChI is InChI=1S/C9H9BrClNO/c10-5-1-2-6(11)8-7(12)3-4-13-9(5)8/h1-2,7H,3-4,12H2. The number of hydrogen-bond donors (Lipinski definition) is 1. The van der Waals surface area contributed by atoms with Crippen LogP contribution in [-0.4, -0.2) is 6.61 Å². The molecule has 0 saturated heterocycles. The van der Waals surface area contributed by atoms with Crippen LogP contribution in [0, 0.1) is 0 Å². The third-order valence-corrected chi connectivity index (χ3v) is 3.09. The quantitative estimate of drug-likeness (QED) is 0.780. The average molecular weight is 263 g/mol. The van der Waals surface area contributed by atoms with Crippen LogP contribution in [0.3, 0.4) is 0 Å². The second-order valence-corrected chi connectivity index (χ2v) is 4.28. The highest BCUT2D eigenvalue weighted by Gasteiger charge is 2.22. The second-order valence-electron chi connectivity index (χ2n) is 3.02. The van der Waals surface area contributed by atoms with Gasteiger partial charge >= 0.3 is 0 Å². The van der Waals surface area contributed by atoms with E-state index < -0.39 is 0 Å². The van der Waals surface area contributed by atoms with Gasteiger partial charge in [-0.05, 0) is 28.1 Å². The molecule has 0 fully saturated rings. The van der Waals surface area contributed by atoms with Gasteiger partial charge in [0.05, 0.1) is 11.1 Å². The molecule has 1 heterocycles. The number of halogens is 2. The summed E-state index contributed by atoms with van der Waals surface area (Å²) in [5.74, 6) is 0.797.